The second-order valence-electron chi connectivity index (χ2n) is 17.6. The number of piperazine rings is 1. The van der Waals surface area contributed by atoms with Crippen LogP contribution in [0.5, 0.6) is 17.6 Å². The van der Waals surface area contributed by atoms with Gasteiger partial charge in [-0.1, -0.05) is 58.4 Å². The summed E-state index contributed by atoms with van der Waals surface area (Å²) >= 11 is 0. The molecule has 0 unspecified atom stereocenters. The van der Waals surface area contributed by atoms with Gasteiger partial charge in [0.1, 0.15) is 53.4 Å². The van der Waals surface area contributed by atoms with Crippen molar-refractivity contribution in [3.8, 4) is 28.9 Å². The van der Waals surface area contributed by atoms with Crippen LogP contribution in [-0.4, -0.2) is 111 Å². The van der Waals surface area contributed by atoms with Gasteiger partial charge in [-0.15, -0.1) is 0 Å². The molecule has 4 fully saturated rings. The average Bonchev–Trinajstić information content (AvgIpc) is 3.86. The summed E-state index contributed by atoms with van der Waals surface area (Å²) in [6.07, 6.45) is 9.70. The molecule has 4 aromatic rings. The third-order valence-corrected chi connectivity index (χ3v) is 13.8. The number of rotatable bonds is 15. The lowest BCUT2D eigenvalue weighted by atomic mass is 9.94. The van der Waals surface area contributed by atoms with Crippen molar-refractivity contribution in [3.05, 3.63) is 41.5 Å². The first-order valence-electron chi connectivity index (χ1n) is 22.5. The summed E-state index contributed by atoms with van der Waals surface area (Å²) in [5, 5.41) is 12.0. The monoisotopic (exact) mass is 860 g/mol. The summed E-state index contributed by atoms with van der Waals surface area (Å²) in [6, 6.07) is 4.40. The molecule has 2 bridgehead atoms. The Morgan fingerprint density at radius 2 is 1.79 bits per heavy atom. The van der Waals surface area contributed by atoms with Gasteiger partial charge < -0.3 is 29.0 Å². The molecule has 16 heteroatoms. The molecule has 0 spiro atoms. The van der Waals surface area contributed by atoms with E-state index in [0.717, 1.165) is 45.1 Å². The Kier molecular flexibility index (Phi) is 12.0. The fourth-order valence-corrected chi connectivity index (χ4v) is 10.8. The van der Waals surface area contributed by atoms with E-state index >= 15 is 8.78 Å². The van der Waals surface area contributed by atoms with E-state index < -0.39 is 54.3 Å². The summed E-state index contributed by atoms with van der Waals surface area (Å²) in [5.74, 6) is -1.52. The molecule has 5 atom stereocenters. The molecule has 9 rings (SSSR count). The maximum Gasteiger partial charge on any atom is 0.413 e. The average molecular weight is 861 g/mol. The topological polar surface area (TPSA) is 140 Å². The Hall–Kier alpha value is -5.12. The fourth-order valence-electron chi connectivity index (χ4n) is 10.8. The first-order chi connectivity index (χ1) is 30.1. The van der Waals surface area contributed by atoms with Crippen LogP contribution in [0.15, 0.2) is 24.3 Å². The van der Waals surface area contributed by atoms with E-state index in [1.807, 2.05) is 4.90 Å². The van der Waals surface area contributed by atoms with E-state index in [0.29, 0.717) is 60.9 Å². The molecular formula is C46H55F3N6O7. The second-order valence-corrected chi connectivity index (χ2v) is 17.6. The standard InChI is InChI=1S/C46H55F3N6O7/c1-3-5-6-7-8-9-10-12-36(57)61-26-62-45(58)55-29-14-16-34(55)35-24-59-43-38-41(39(49)40(50-43)32-20-30(56)19-27-13-15-33(48)31(4-2)37(27)32)51-44(52-42(38)54(35)23-29)60-25-46-17-11-18-53(46)22-28(47)21-46/h13,15,19-20,28-29,34-35,56H,3-12,14,16-18,21-26H2,1-2H3/t28-,29-,34+,35-,46+/m1/s1. The number of benzene rings is 2. The number of aromatic nitrogens is 3. The molecule has 5 aliphatic heterocycles. The Morgan fingerprint density at radius 3 is 2.61 bits per heavy atom. The van der Waals surface area contributed by atoms with Gasteiger partial charge in [0.25, 0.3) is 0 Å². The van der Waals surface area contributed by atoms with E-state index in [4.69, 9.17) is 28.9 Å². The van der Waals surface area contributed by atoms with Crippen LogP contribution in [0.25, 0.3) is 32.9 Å². The number of phenolic OH excluding ortho intramolecular Hbond substituents is 1. The third-order valence-electron chi connectivity index (χ3n) is 13.8. The lowest BCUT2D eigenvalue weighted by Crippen LogP contribution is -2.63. The van der Waals surface area contributed by atoms with Crippen LogP contribution in [0.2, 0.25) is 0 Å². The van der Waals surface area contributed by atoms with Gasteiger partial charge in [0.15, 0.2) is 5.82 Å². The van der Waals surface area contributed by atoms with Gasteiger partial charge in [-0.2, -0.15) is 9.97 Å². The smallest absolute Gasteiger partial charge is 0.413 e. The third kappa shape index (κ3) is 7.80. The summed E-state index contributed by atoms with van der Waals surface area (Å²) in [4.78, 5) is 46.2. The van der Waals surface area contributed by atoms with Crippen molar-refractivity contribution >= 4 is 39.6 Å². The van der Waals surface area contributed by atoms with Crippen molar-refractivity contribution in [3.63, 3.8) is 0 Å². The zero-order chi connectivity index (χ0) is 43.1. The zero-order valence-electron chi connectivity index (χ0n) is 35.5. The number of amides is 1. The van der Waals surface area contributed by atoms with E-state index in [1.165, 1.54) is 43.5 Å². The number of carbonyl (C=O) groups is 2. The number of hydrogen-bond acceptors (Lipinski definition) is 12. The summed E-state index contributed by atoms with van der Waals surface area (Å²) in [7, 11) is 0. The van der Waals surface area contributed by atoms with Gasteiger partial charge in [-0.05, 0) is 79.6 Å². The number of ether oxygens (including phenoxy) is 4. The highest BCUT2D eigenvalue weighted by molar-refractivity contribution is 6.03. The number of carbonyl (C=O) groups excluding carboxylic acids is 2. The number of fused-ring (bicyclic) bond motifs is 7. The maximum atomic E-state index is 17.4. The normalized spacial score (nSPS) is 24.0. The summed E-state index contributed by atoms with van der Waals surface area (Å²) < 4.78 is 71.2. The molecule has 1 N–H and O–H groups in total. The number of esters is 1. The van der Waals surface area contributed by atoms with E-state index in [1.54, 1.807) is 11.8 Å². The van der Waals surface area contributed by atoms with Crippen LogP contribution < -0.4 is 14.4 Å². The number of nitrogens with zero attached hydrogens (tertiary/aromatic N) is 6. The summed E-state index contributed by atoms with van der Waals surface area (Å²) in [5.41, 5.74) is -0.367. The number of aromatic hydroxyl groups is 1. The number of unbranched alkanes of at least 4 members (excludes halogenated alkanes) is 6. The molecule has 0 radical (unpaired) electrons. The lowest BCUT2D eigenvalue weighted by Gasteiger charge is -2.45. The van der Waals surface area contributed by atoms with E-state index in [2.05, 4.69) is 16.8 Å². The first kappa shape index (κ1) is 42.2. The Labute approximate surface area is 358 Å². The van der Waals surface area contributed by atoms with Gasteiger partial charge >= 0.3 is 18.1 Å². The van der Waals surface area contributed by atoms with E-state index in [-0.39, 0.29) is 65.5 Å². The Morgan fingerprint density at radius 1 is 0.968 bits per heavy atom. The predicted octanol–water partition coefficient (Wildman–Crippen LogP) is 8.54. The molecule has 4 saturated heterocycles. The molecule has 5 aliphatic rings. The van der Waals surface area contributed by atoms with Crippen molar-refractivity contribution < 1.29 is 46.8 Å². The van der Waals surface area contributed by atoms with Gasteiger partial charge in [-0.3, -0.25) is 14.6 Å². The minimum absolute atomic E-state index is 0.0277. The molecule has 1 amide bonds. The predicted molar refractivity (Wildman–Crippen MR) is 225 cm³/mol. The largest absolute Gasteiger partial charge is 0.508 e. The highest BCUT2D eigenvalue weighted by Gasteiger charge is 2.52. The molecule has 0 saturated carbocycles. The van der Waals surface area contributed by atoms with Crippen molar-refractivity contribution in [2.24, 2.45) is 0 Å². The molecule has 13 nitrogen and oxygen atoms in total. The maximum absolute atomic E-state index is 17.4. The number of alkyl halides is 1. The highest BCUT2D eigenvalue weighted by atomic mass is 19.1. The number of pyridine rings is 1. The first-order valence-corrected chi connectivity index (χ1v) is 22.5. The number of hydrogen-bond donors (Lipinski definition) is 1. The quantitative estimate of drug-likeness (QED) is 0.0696. The molecule has 2 aromatic heterocycles. The number of aryl methyl sites for hydroxylation is 1. The van der Waals surface area contributed by atoms with Gasteiger partial charge in [0.2, 0.25) is 12.7 Å². The highest BCUT2D eigenvalue weighted by Crippen LogP contribution is 2.47. The number of halogens is 3. The number of anilines is 1. The van der Waals surface area contributed by atoms with Gasteiger partial charge in [0, 0.05) is 31.5 Å². The van der Waals surface area contributed by atoms with Crippen molar-refractivity contribution in [2.75, 3.05) is 44.5 Å². The van der Waals surface area contributed by atoms with Gasteiger partial charge in [-0.25, -0.2) is 22.9 Å². The molecule has 332 valence electrons. The Balaban J connectivity index is 1.02. The molecule has 2 aromatic carbocycles. The van der Waals surface area contributed by atoms with Crippen LogP contribution in [-0.2, 0) is 20.7 Å². The minimum atomic E-state index is -0.983. The fraction of sp³-hybridized carbons (Fsp3) is 0.587. The molecule has 0 aliphatic carbocycles. The zero-order valence-corrected chi connectivity index (χ0v) is 35.5. The van der Waals surface area contributed by atoms with E-state index in [9.17, 15) is 19.1 Å². The van der Waals surface area contributed by atoms with Crippen LogP contribution in [0.1, 0.15) is 103 Å². The van der Waals surface area contributed by atoms with Gasteiger partial charge in [0.05, 0.1) is 23.7 Å². The SMILES string of the molecule is CCCCCCCCCC(=O)OCOC(=O)N1[C@@H]2CC[C@H]1[C@H]1COc3nc(-c4cc(O)cc5ccc(F)c(CC)c45)c(F)c4nc(OC[C@@]56CCCN5C[C@H](F)C6)nc(c34)N1C2. The minimum Gasteiger partial charge on any atom is -0.508 e. The van der Waals surface area contributed by atoms with Crippen LogP contribution >= 0.6 is 0 Å². The molecular weight excluding hydrogens is 806 g/mol. The van der Waals surface area contributed by atoms with Crippen LogP contribution in [0.4, 0.5) is 23.8 Å². The summed E-state index contributed by atoms with van der Waals surface area (Å²) in [6.45, 7) is 5.00. The van der Waals surface area contributed by atoms with Crippen LogP contribution in [0, 0.1) is 11.6 Å². The van der Waals surface area contributed by atoms with Crippen LogP contribution in [0.3, 0.4) is 0 Å². The molecule has 62 heavy (non-hydrogen) atoms. The van der Waals surface area contributed by atoms with Crippen molar-refractivity contribution in [2.45, 2.75) is 134 Å². The Bertz CT molecular complexity index is 2350. The lowest BCUT2D eigenvalue weighted by molar-refractivity contribution is -0.152. The van der Waals surface area contributed by atoms with Crippen molar-refractivity contribution in [1.29, 1.82) is 0 Å². The second kappa shape index (κ2) is 17.6. The molecule has 7 heterocycles. The van der Waals surface area contributed by atoms with Crippen molar-refractivity contribution in [1.82, 2.24) is 24.8 Å². The number of phenols is 1.